The fourth-order valence-electron chi connectivity index (χ4n) is 2.42. The van der Waals surface area contributed by atoms with E-state index in [1.807, 2.05) is 0 Å². The normalized spacial score (nSPS) is 11.6. The van der Waals surface area contributed by atoms with E-state index in [2.05, 4.69) is 10.3 Å². The molecule has 0 aliphatic rings. The summed E-state index contributed by atoms with van der Waals surface area (Å²) < 4.78 is 5.62. The van der Waals surface area contributed by atoms with E-state index in [0.717, 1.165) is 0 Å². The Balaban J connectivity index is 1.59. The Bertz CT molecular complexity index is 991. The van der Waals surface area contributed by atoms with Crippen molar-refractivity contribution >= 4 is 34.5 Å². The van der Waals surface area contributed by atoms with Gasteiger partial charge in [-0.15, -0.1) is 11.3 Å². The highest BCUT2D eigenvalue weighted by Gasteiger charge is 2.16. The number of halogens is 1. The predicted molar refractivity (Wildman–Crippen MR) is 107 cm³/mol. The fourth-order valence-corrected chi connectivity index (χ4v) is 3.23. The third kappa shape index (κ3) is 5.05. The minimum absolute atomic E-state index is 0.0195. The van der Waals surface area contributed by atoms with E-state index in [1.54, 1.807) is 48.7 Å². The molecule has 3 rings (SSSR count). The number of nitrogens with one attached hydrogen (secondary N) is 1. The number of hydrogen-bond acceptors (Lipinski definition) is 6. The Kier molecular flexibility index (Phi) is 6.23. The van der Waals surface area contributed by atoms with Crippen LogP contribution < -0.4 is 10.1 Å². The third-order valence-corrected chi connectivity index (χ3v) is 4.96. The van der Waals surface area contributed by atoms with Gasteiger partial charge in [0, 0.05) is 22.5 Å². The highest BCUT2D eigenvalue weighted by atomic mass is 35.5. The zero-order chi connectivity index (χ0) is 20.1. The lowest BCUT2D eigenvalue weighted by molar-refractivity contribution is -0.384. The number of rotatable bonds is 7. The molecule has 0 aliphatic heterocycles. The van der Waals surface area contributed by atoms with Crippen LogP contribution in [0.3, 0.4) is 0 Å². The van der Waals surface area contributed by atoms with Crippen LogP contribution in [0.15, 0.2) is 53.9 Å². The molecule has 3 aromatic rings. The van der Waals surface area contributed by atoms with Crippen molar-refractivity contribution in [2.75, 3.05) is 0 Å². The molecule has 0 spiro atoms. The first-order valence-corrected chi connectivity index (χ1v) is 9.56. The molecule has 1 heterocycles. The van der Waals surface area contributed by atoms with Crippen LogP contribution in [0.2, 0.25) is 5.02 Å². The highest BCUT2D eigenvalue weighted by molar-refractivity contribution is 7.09. The van der Waals surface area contributed by atoms with E-state index >= 15 is 0 Å². The number of carbonyl (C=O) groups is 1. The molecule has 0 saturated heterocycles. The van der Waals surface area contributed by atoms with Gasteiger partial charge in [0.05, 0.1) is 11.0 Å². The molecule has 28 heavy (non-hydrogen) atoms. The Morgan fingerprint density at radius 1 is 1.32 bits per heavy atom. The second kappa shape index (κ2) is 8.81. The maximum absolute atomic E-state index is 12.4. The van der Waals surface area contributed by atoms with Crippen LogP contribution in [0, 0.1) is 10.1 Å². The minimum Gasteiger partial charge on any atom is -0.486 e. The Morgan fingerprint density at radius 2 is 2.07 bits per heavy atom. The molecule has 1 N–H and O–H groups in total. The summed E-state index contributed by atoms with van der Waals surface area (Å²) >= 11 is 7.15. The van der Waals surface area contributed by atoms with Crippen molar-refractivity contribution in [3.05, 3.63) is 85.3 Å². The van der Waals surface area contributed by atoms with Gasteiger partial charge in [-0.3, -0.25) is 14.9 Å². The molecule has 1 atom stereocenters. The van der Waals surface area contributed by atoms with Crippen molar-refractivity contribution in [2.24, 2.45) is 0 Å². The zero-order valence-electron chi connectivity index (χ0n) is 14.8. The number of aromatic nitrogens is 1. The highest BCUT2D eigenvalue weighted by Crippen LogP contribution is 2.21. The molecule has 9 heteroatoms. The Labute approximate surface area is 170 Å². The van der Waals surface area contributed by atoms with Crippen LogP contribution in [0.25, 0.3) is 0 Å². The summed E-state index contributed by atoms with van der Waals surface area (Å²) in [4.78, 5) is 27.1. The lowest BCUT2D eigenvalue weighted by Gasteiger charge is -2.13. The van der Waals surface area contributed by atoms with E-state index < -0.39 is 11.0 Å². The van der Waals surface area contributed by atoms with Gasteiger partial charge in [0.2, 0.25) is 0 Å². The quantitative estimate of drug-likeness (QED) is 0.441. The van der Waals surface area contributed by atoms with E-state index in [4.69, 9.17) is 16.3 Å². The number of carbonyl (C=O) groups excluding carboxylic acids is 1. The van der Waals surface area contributed by atoms with Crippen molar-refractivity contribution in [3.63, 3.8) is 0 Å². The van der Waals surface area contributed by atoms with Crippen molar-refractivity contribution in [2.45, 2.75) is 19.6 Å². The molecule has 0 bridgehead atoms. The maximum atomic E-state index is 12.4. The second-order valence-corrected chi connectivity index (χ2v) is 7.30. The largest absolute Gasteiger partial charge is 0.486 e. The third-order valence-electron chi connectivity index (χ3n) is 3.89. The molecule has 0 saturated carbocycles. The lowest BCUT2D eigenvalue weighted by Crippen LogP contribution is -2.27. The second-order valence-electron chi connectivity index (χ2n) is 5.92. The average molecular weight is 418 g/mol. The number of hydrogen-bond donors (Lipinski definition) is 1. The van der Waals surface area contributed by atoms with Gasteiger partial charge in [-0.1, -0.05) is 23.7 Å². The van der Waals surface area contributed by atoms with Crippen molar-refractivity contribution < 1.29 is 14.5 Å². The predicted octanol–water partition coefficient (Wildman–Crippen LogP) is 4.77. The van der Waals surface area contributed by atoms with Gasteiger partial charge in [-0.2, -0.15) is 0 Å². The van der Waals surface area contributed by atoms with Crippen LogP contribution >= 0.6 is 22.9 Å². The van der Waals surface area contributed by atoms with Crippen molar-refractivity contribution in [1.82, 2.24) is 10.3 Å². The van der Waals surface area contributed by atoms with Gasteiger partial charge in [0.1, 0.15) is 23.1 Å². The summed E-state index contributed by atoms with van der Waals surface area (Å²) in [5.74, 6) is 0.304. The Morgan fingerprint density at radius 3 is 2.79 bits per heavy atom. The molecule has 2 aromatic carbocycles. The van der Waals surface area contributed by atoms with Crippen LogP contribution in [0.5, 0.6) is 5.75 Å². The fraction of sp³-hybridized carbons (Fsp3) is 0.158. The summed E-state index contributed by atoms with van der Waals surface area (Å²) in [6.07, 6.45) is 0. The van der Waals surface area contributed by atoms with Gasteiger partial charge >= 0.3 is 0 Å². The minimum atomic E-state index is -0.467. The number of nitro groups is 1. The summed E-state index contributed by atoms with van der Waals surface area (Å²) in [5.41, 5.74) is 0.898. The van der Waals surface area contributed by atoms with E-state index in [1.165, 1.54) is 23.5 Å². The molecule has 1 unspecified atom stereocenters. The topological polar surface area (TPSA) is 94.4 Å². The number of thiazole rings is 1. The molecule has 0 fully saturated rings. The summed E-state index contributed by atoms with van der Waals surface area (Å²) in [5, 5.41) is 16.6. The molecular formula is C19H16ClN3O4S. The summed E-state index contributed by atoms with van der Waals surface area (Å²) in [6.45, 7) is 1.99. The number of nitrogens with zero attached hydrogens (tertiary/aromatic N) is 2. The monoisotopic (exact) mass is 417 g/mol. The van der Waals surface area contributed by atoms with Crippen LogP contribution in [0.4, 0.5) is 5.69 Å². The van der Waals surface area contributed by atoms with Crippen molar-refractivity contribution in [1.29, 1.82) is 0 Å². The SMILES string of the molecule is CC(NC(=O)c1csc(COc2ccc(Cl)cc2)n1)c1cccc([N+](=O)[O-])c1. The molecular weight excluding hydrogens is 402 g/mol. The van der Waals surface area contributed by atoms with Crippen LogP contribution in [-0.2, 0) is 6.61 Å². The van der Waals surface area contributed by atoms with Gasteiger partial charge in [0.15, 0.2) is 0 Å². The average Bonchev–Trinajstić information content (AvgIpc) is 3.17. The number of nitro benzene ring substituents is 1. The number of benzene rings is 2. The van der Waals surface area contributed by atoms with E-state index in [9.17, 15) is 14.9 Å². The summed E-state index contributed by atoms with van der Waals surface area (Å²) in [7, 11) is 0. The number of amides is 1. The zero-order valence-corrected chi connectivity index (χ0v) is 16.4. The summed E-state index contributed by atoms with van der Waals surface area (Å²) in [6, 6.07) is 12.7. The molecule has 1 amide bonds. The number of non-ortho nitro benzene ring substituents is 1. The first-order valence-electron chi connectivity index (χ1n) is 8.30. The lowest BCUT2D eigenvalue weighted by atomic mass is 10.1. The number of ether oxygens (including phenoxy) is 1. The van der Waals surface area contributed by atoms with Gasteiger partial charge in [0.25, 0.3) is 11.6 Å². The smallest absolute Gasteiger partial charge is 0.271 e. The van der Waals surface area contributed by atoms with Crippen molar-refractivity contribution in [3.8, 4) is 5.75 Å². The molecule has 1 aromatic heterocycles. The van der Waals surface area contributed by atoms with Gasteiger partial charge in [-0.05, 0) is 36.8 Å². The van der Waals surface area contributed by atoms with E-state index in [0.29, 0.717) is 21.3 Å². The molecule has 0 radical (unpaired) electrons. The molecule has 144 valence electrons. The first kappa shape index (κ1) is 19.8. The Hall–Kier alpha value is -2.97. The van der Waals surface area contributed by atoms with Gasteiger partial charge in [-0.25, -0.2) is 4.98 Å². The standard InChI is InChI=1S/C19H16ClN3O4S/c1-12(13-3-2-4-15(9-13)23(25)26)21-19(24)17-11-28-18(22-17)10-27-16-7-5-14(20)6-8-16/h2-9,11-12H,10H2,1H3,(H,21,24). The van der Waals surface area contributed by atoms with Gasteiger partial charge < -0.3 is 10.1 Å². The first-order chi connectivity index (χ1) is 13.4. The van der Waals surface area contributed by atoms with E-state index in [-0.39, 0.29) is 23.9 Å². The van der Waals surface area contributed by atoms with Crippen LogP contribution in [-0.4, -0.2) is 15.8 Å². The molecule has 0 aliphatic carbocycles. The maximum Gasteiger partial charge on any atom is 0.271 e. The molecule has 7 nitrogen and oxygen atoms in total. The van der Waals surface area contributed by atoms with Crippen LogP contribution in [0.1, 0.15) is 34.0 Å².